The smallest absolute Gasteiger partial charge is 0.247 e. The fourth-order valence-electron chi connectivity index (χ4n) is 1.71. The largest absolute Gasteiger partial charge is 0.315 e. The first kappa shape index (κ1) is 16.7. The van der Waals surface area contributed by atoms with Crippen LogP contribution in [-0.4, -0.2) is 48.7 Å². The molecule has 1 aromatic heterocycles. The molecule has 0 fully saturated rings. The van der Waals surface area contributed by atoms with E-state index >= 15 is 0 Å². The third-order valence-corrected chi connectivity index (χ3v) is 4.69. The highest BCUT2D eigenvalue weighted by Gasteiger charge is 2.23. The summed E-state index contributed by atoms with van der Waals surface area (Å²) >= 11 is 0. The van der Waals surface area contributed by atoms with Crippen LogP contribution in [0.15, 0.2) is 17.3 Å². The Morgan fingerprint density at radius 1 is 1.45 bits per heavy atom. The number of rotatable bonds is 9. The average Bonchev–Trinajstić information content (AvgIpc) is 2.90. The Bertz CT molecular complexity index is 545. The summed E-state index contributed by atoms with van der Waals surface area (Å²) in [5.74, 6) is 2.36. The molecule has 20 heavy (non-hydrogen) atoms. The minimum Gasteiger partial charge on any atom is -0.315 e. The summed E-state index contributed by atoms with van der Waals surface area (Å²) in [6.07, 6.45) is 9.17. The van der Waals surface area contributed by atoms with E-state index in [1.165, 1.54) is 10.5 Å². The van der Waals surface area contributed by atoms with E-state index in [0.29, 0.717) is 13.1 Å². The molecule has 1 rings (SSSR count). The first-order chi connectivity index (χ1) is 9.56. The summed E-state index contributed by atoms with van der Waals surface area (Å²) in [4.78, 5) is 0.185. The molecule has 0 atom stereocenters. The van der Waals surface area contributed by atoms with Gasteiger partial charge in [0.05, 0.1) is 19.3 Å². The molecule has 1 aromatic rings. The Balaban J connectivity index is 2.72. The van der Waals surface area contributed by atoms with Crippen molar-refractivity contribution in [2.45, 2.75) is 31.7 Å². The highest BCUT2D eigenvalue weighted by Crippen LogP contribution is 2.13. The Hall–Kier alpha value is -1.36. The standard InChI is InChI=1S/C13H22N4O2S/c1-4-7-14-8-10-16-12-13(11-15-16)20(18,19)17(6-3)9-5-2/h2,11-12,14H,4,6-10H2,1,3H3. The van der Waals surface area contributed by atoms with Crippen molar-refractivity contribution in [2.75, 3.05) is 26.2 Å². The van der Waals surface area contributed by atoms with Gasteiger partial charge in [-0.05, 0) is 13.0 Å². The van der Waals surface area contributed by atoms with Crippen LogP contribution in [-0.2, 0) is 16.6 Å². The van der Waals surface area contributed by atoms with Crippen LogP contribution in [0, 0.1) is 12.3 Å². The highest BCUT2D eigenvalue weighted by molar-refractivity contribution is 7.89. The van der Waals surface area contributed by atoms with Gasteiger partial charge in [0.1, 0.15) is 4.90 Å². The molecule has 0 aliphatic rings. The monoisotopic (exact) mass is 298 g/mol. The van der Waals surface area contributed by atoms with Crippen molar-refractivity contribution in [3.8, 4) is 12.3 Å². The second kappa shape index (κ2) is 8.04. The summed E-state index contributed by atoms with van der Waals surface area (Å²) in [7, 11) is -3.54. The zero-order valence-electron chi connectivity index (χ0n) is 12.0. The molecule has 6 nitrogen and oxygen atoms in total. The van der Waals surface area contributed by atoms with Gasteiger partial charge in [0.2, 0.25) is 10.0 Å². The third-order valence-electron chi connectivity index (χ3n) is 2.81. The minimum absolute atomic E-state index is 0.0715. The number of nitrogens with one attached hydrogen (secondary N) is 1. The molecule has 0 spiro atoms. The van der Waals surface area contributed by atoms with E-state index in [4.69, 9.17) is 6.42 Å². The molecule has 0 amide bonds. The number of sulfonamides is 1. The molecule has 1 N–H and O–H groups in total. The van der Waals surface area contributed by atoms with Gasteiger partial charge < -0.3 is 5.32 Å². The predicted octanol–water partition coefficient (Wildman–Crippen LogP) is 0.527. The molecular weight excluding hydrogens is 276 g/mol. The molecule has 0 aromatic carbocycles. The molecule has 0 aliphatic carbocycles. The maximum Gasteiger partial charge on any atom is 0.247 e. The Morgan fingerprint density at radius 3 is 2.80 bits per heavy atom. The summed E-state index contributed by atoms with van der Waals surface area (Å²) in [5, 5.41) is 7.31. The molecule has 0 aliphatic heterocycles. The predicted molar refractivity (Wildman–Crippen MR) is 78.7 cm³/mol. The van der Waals surface area contributed by atoms with E-state index in [9.17, 15) is 8.42 Å². The fourth-order valence-corrected chi connectivity index (χ4v) is 3.03. The molecule has 0 radical (unpaired) electrons. The van der Waals surface area contributed by atoms with Crippen LogP contribution in [0.5, 0.6) is 0 Å². The summed E-state index contributed by atoms with van der Waals surface area (Å²) in [6, 6.07) is 0. The fraction of sp³-hybridized carbons (Fsp3) is 0.615. The Labute approximate surface area is 121 Å². The van der Waals surface area contributed by atoms with Crippen LogP contribution in [0.25, 0.3) is 0 Å². The second-order valence-corrected chi connectivity index (χ2v) is 6.26. The first-order valence-electron chi connectivity index (χ1n) is 6.73. The van der Waals surface area contributed by atoms with Crippen LogP contribution in [0.1, 0.15) is 20.3 Å². The van der Waals surface area contributed by atoms with Crippen LogP contribution in [0.3, 0.4) is 0 Å². The van der Waals surface area contributed by atoms with Gasteiger partial charge in [0, 0.05) is 19.3 Å². The number of nitrogens with zero attached hydrogens (tertiary/aromatic N) is 3. The second-order valence-electron chi connectivity index (χ2n) is 4.32. The molecule has 112 valence electrons. The van der Waals surface area contributed by atoms with Gasteiger partial charge in [-0.15, -0.1) is 6.42 Å². The molecule has 0 bridgehead atoms. The lowest BCUT2D eigenvalue weighted by Gasteiger charge is -2.16. The van der Waals surface area contributed by atoms with E-state index in [2.05, 4.69) is 23.3 Å². The number of hydrogen-bond acceptors (Lipinski definition) is 4. The van der Waals surface area contributed by atoms with Gasteiger partial charge in [0.15, 0.2) is 0 Å². The molecule has 0 saturated heterocycles. The van der Waals surface area contributed by atoms with E-state index in [0.717, 1.165) is 19.5 Å². The Kier molecular flexibility index (Phi) is 6.71. The van der Waals surface area contributed by atoms with Crippen LogP contribution < -0.4 is 5.32 Å². The molecule has 0 unspecified atom stereocenters. The van der Waals surface area contributed by atoms with Gasteiger partial charge in [-0.2, -0.15) is 9.40 Å². The number of hydrogen-bond donors (Lipinski definition) is 1. The van der Waals surface area contributed by atoms with Crippen LogP contribution >= 0.6 is 0 Å². The lowest BCUT2D eigenvalue weighted by atomic mass is 10.5. The van der Waals surface area contributed by atoms with Crippen LogP contribution in [0.2, 0.25) is 0 Å². The SMILES string of the molecule is C#CCN(CC)S(=O)(=O)c1cnn(CCNCCC)c1. The topological polar surface area (TPSA) is 67.2 Å². The molecule has 0 saturated carbocycles. The number of terminal acetylenes is 1. The molecule has 1 heterocycles. The molecular formula is C13H22N4O2S. The highest BCUT2D eigenvalue weighted by atomic mass is 32.2. The maximum atomic E-state index is 12.3. The van der Waals surface area contributed by atoms with E-state index < -0.39 is 10.0 Å². The van der Waals surface area contributed by atoms with Gasteiger partial charge in [-0.25, -0.2) is 8.42 Å². The summed E-state index contributed by atoms with van der Waals surface area (Å²) in [5.41, 5.74) is 0. The number of aromatic nitrogens is 2. The van der Waals surface area contributed by atoms with Crippen molar-refractivity contribution < 1.29 is 8.42 Å². The lowest BCUT2D eigenvalue weighted by molar-refractivity contribution is 0.464. The first-order valence-corrected chi connectivity index (χ1v) is 8.17. The summed E-state index contributed by atoms with van der Waals surface area (Å²) < 4.78 is 27.5. The van der Waals surface area contributed by atoms with Crippen molar-refractivity contribution >= 4 is 10.0 Å². The van der Waals surface area contributed by atoms with Crippen molar-refractivity contribution in [3.05, 3.63) is 12.4 Å². The lowest BCUT2D eigenvalue weighted by Crippen LogP contribution is -2.31. The van der Waals surface area contributed by atoms with E-state index in [-0.39, 0.29) is 11.4 Å². The normalized spacial score (nSPS) is 11.7. The zero-order valence-corrected chi connectivity index (χ0v) is 12.9. The molecule has 7 heteroatoms. The van der Waals surface area contributed by atoms with Gasteiger partial charge in [-0.1, -0.05) is 19.8 Å². The average molecular weight is 298 g/mol. The quantitative estimate of drug-likeness (QED) is 0.533. The maximum absolute atomic E-state index is 12.3. The third kappa shape index (κ3) is 4.34. The van der Waals surface area contributed by atoms with Crippen molar-refractivity contribution in [1.29, 1.82) is 0 Å². The van der Waals surface area contributed by atoms with E-state index in [1.54, 1.807) is 17.8 Å². The Morgan fingerprint density at radius 2 is 2.20 bits per heavy atom. The van der Waals surface area contributed by atoms with Gasteiger partial charge in [0.25, 0.3) is 0 Å². The minimum atomic E-state index is -3.54. The van der Waals surface area contributed by atoms with Gasteiger partial charge in [-0.3, -0.25) is 4.68 Å². The van der Waals surface area contributed by atoms with Crippen molar-refractivity contribution in [1.82, 2.24) is 19.4 Å². The summed E-state index contributed by atoms with van der Waals surface area (Å²) in [6.45, 7) is 6.61. The van der Waals surface area contributed by atoms with Crippen molar-refractivity contribution in [2.24, 2.45) is 0 Å². The van der Waals surface area contributed by atoms with E-state index in [1.807, 2.05) is 0 Å². The van der Waals surface area contributed by atoms with Crippen molar-refractivity contribution in [3.63, 3.8) is 0 Å². The van der Waals surface area contributed by atoms with Gasteiger partial charge >= 0.3 is 0 Å². The van der Waals surface area contributed by atoms with Crippen LogP contribution in [0.4, 0.5) is 0 Å². The zero-order chi connectivity index (χ0) is 15.0.